The Morgan fingerprint density at radius 1 is 0.589 bits per heavy atom. The van der Waals surface area contributed by atoms with Gasteiger partial charge in [-0.05, 0) is 144 Å². The van der Waals surface area contributed by atoms with Crippen molar-refractivity contribution >= 4 is 39.3 Å². The molecule has 5 aliphatic rings. The monoisotopic (exact) mass is 791 g/mol. The normalized spacial score (nSPS) is 25.6. The Kier molecular flexibility index (Phi) is 14.9. The van der Waals surface area contributed by atoms with Crippen LogP contribution in [0.25, 0.3) is 0 Å². The van der Waals surface area contributed by atoms with Gasteiger partial charge < -0.3 is 47.2 Å². The highest BCUT2D eigenvalue weighted by Gasteiger charge is 2.57. The third kappa shape index (κ3) is 13.2. The minimum Gasteiger partial charge on any atom is -0.444 e. The molecule has 318 valence electrons. The van der Waals surface area contributed by atoms with Crippen molar-refractivity contribution in [2.24, 2.45) is 0 Å². The maximum Gasteiger partial charge on any atom is 0.487 e. The largest absolute Gasteiger partial charge is 0.487 e. The van der Waals surface area contributed by atoms with E-state index in [1.165, 1.54) is 10.5 Å². The second-order valence-corrected chi connectivity index (χ2v) is 20.6. The van der Waals surface area contributed by atoms with Gasteiger partial charge in [0.2, 0.25) is 0 Å². The third-order valence-corrected chi connectivity index (χ3v) is 11.5. The van der Waals surface area contributed by atoms with E-state index in [1.54, 1.807) is 4.90 Å². The first kappa shape index (κ1) is 48.3. The number of nitrogens with zero attached hydrogens (tertiary/aromatic N) is 2. The van der Waals surface area contributed by atoms with Crippen LogP contribution in [0.1, 0.15) is 150 Å². The van der Waals surface area contributed by atoms with Gasteiger partial charge in [-0.25, -0.2) is 9.59 Å². The minimum absolute atomic E-state index is 0.113. The Balaban J connectivity index is 0.000000232. The summed E-state index contributed by atoms with van der Waals surface area (Å²) in [6.45, 7) is 37.8. The van der Waals surface area contributed by atoms with E-state index in [0.717, 1.165) is 25.8 Å². The zero-order chi connectivity index (χ0) is 42.9. The lowest BCUT2D eigenvalue weighted by atomic mass is 9.64. The van der Waals surface area contributed by atoms with E-state index in [4.69, 9.17) is 37.4 Å². The highest BCUT2D eigenvalue weighted by atomic mass is 16.7. The Hall–Kier alpha value is -2.10. The predicted molar refractivity (Wildman–Crippen MR) is 220 cm³/mol. The summed E-state index contributed by atoms with van der Waals surface area (Å²) in [5.74, 6) is 2.13. The summed E-state index contributed by atoms with van der Waals surface area (Å²) in [5, 5.41) is 0. The highest BCUT2D eigenvalue weighted by molar-refractivity contribution is 6.65. The molecule has 0 atom stereocenters. The smallest absolute Gasteiger partial charge is 0.444 e. The minimum atomic E-state index is -0.489. The molecule has 5 aliphatic heterocycles. The van der Waals surface area contributed by atoms with Crippen LogP contribution in [-0.2, 0) is 42.2 Å². The number of rotatable bonds is 3. The molecule has 0 radical (unpaired) electrons. The lowest BCUT2D eigenvalue weighted by molar-refractivity contribution is -0.122. The quantitative estimate of drug-likeness (QED) is 0.259. The van der Waals surface area contributed by atoms with Crippen LogP contribution in [0.15, 0.2) is 11.5 Å². The SMILES string of the molecule is CC(C)(C)OC(=O)N1CCC/C(=C\B2OC(C)(C)C(C)(C)O2)C1.CC(C)(C)OC(=O)N1CCCC(=O)C1.CC1(C)OB(CB2OC(C)(C)C(C)(C)O2)OC1(C)C. The van der Waals surface area contributed by atoms with Gasteiger partial charge in [-0.1, -0.05) is 11.5 Å². The number of Topliss-reactive ketones (excluding diaryl/α,β-unsaturated/α-hetero) is 1. The van der Waals surface area contributed by atoms with Gasteiger partial charge >= 0.3 is 33.5 Å². The fourth-order valence-corrected chi connectivity index (χ4v) is 6.27. The van der Waals surface area contributed by atoms with E-state index >= 15 is 0 Å². The second-order valence-electron chi connectivity index (χ2n) is 20.6. The van der Waals surface area contributed by atoms with Gasteiger partial charge in [0.25, 0.3) is 0 Å². The number of hydrogen-bond acceptors (Lipinski definition) is 11. The molecule has 0 saturated carbocycles. The Labute approximate surface area is 339 Å². The van der Waals surface area contributed by atoms with Crippen LogP contribution in [0.3, 0.4) is 0 Å². The molecule has 5 heterocycles. The zero-order valence-electron chi connectivity index (χ0n) is 38.1. The van der Waals surface area contributed by atoms with Crippen LogP contribution in [-0.4, -0.2) is 120 Å². The van der Waals surface area contributed by atoms with Crippen molar-refractivity contribution in [2.75, 3.05) is 26.2 Å². The number of carbonyl (C=O) groups excluding carboxylic acids is 3. The summed E-state index contributed by atoms with van der Waals surface area (Å²) in [6, 6.07) is 0. The molecule has 0 unspecified atom stereocenters. The molecule has 0 aromatic heterocycles. The Morgan fingerprint density at radius 3 is 1.29 bits per heavy atom. The van der Waals surface area contributed by atoms with Gasteiger partial charge in [-0.2, -0.15) is 0 Å². The van der Waals surface area contributed by atoms with Gasteiger partial charge in [-0.15, -0.1) is 0 Å². The molecule has 5 saturated heterocycles. The summed E-state index contributed by atoms with van der Waals surface area (Å²) < 4.78 is 46.6. The molecule has 56 heavy (non-hydrogen) atoms. The van der Waals surface area contributed by atoms with Crippen LogP contribution in [0, 0.1) is 0 Å². The molecule has 0 N–H and O–H groups in total. The van der Waals surface area contributed by atoms with Gasteiger partial charge in [0.1, 0.15) is 11.2 Å². The number of hydrogen-bond donors (Lipinski definition) is 0. The van der Waals surface area contributed by atoms with Gasteiger partial charge in [0, 0.05) is 32.3 Å². The average molecular weight is 790 g/mol. The molecule has 5 fully saturated rings. The van der Waals surface area contributed by atoms with E-state index in [2.05, 4.69) is 55.4 Å². The van der Waals surface area contributed by atoms with Crippen molar-refractivity contribution in [3.8, 4) is 0 Å². The predicted octanol–water partition coefficient (Wildman–Crippen LogP) is 7.87. The maximum atomic E-state index is 12.2. The lowest BCUT2D eigenvalue weighted by Gasteiger charge is -2.32. The molecule has 13 nitrogen and oxygen atoms in total. The van der Waals surface area contributed by atoms with Crippen molar-refractivity contribution in [2.45, 2.75) is 201 Å². The first-order valence-electron chi connectivity index (χ1n) is 20.4. The fraction of sp³-hybridized carbons (Fsp3) is 0.875. The number of piperidine rings is 2. The van der Waals surface area contributed by atoms with Crippen molar-refractivity contribution in [3.05, 3.63) is 11.5 Å². The van der Waals surface area contributed by atoms with E-state index in [9.17, 15) is 14.4 Å². The van der Waals surface area contributed by atoms with Crippen molar-refractivity contribution in [3.63, 3.8) is 0 Å². The molecular weight excluding hydrogens is 717 g/mol. The summed E-state index contributed by atoms with van der Waals surface area (Å²) in [4.78, 5) is 38.0. The molecule has 0 spiro atoms. The molecule has 16 heteroatoms. The molecule has 2 amide bonds. The van der Waals surface area contributed by atoms with Crippen LogP contribution >= 0.6 is 0 Å². The van der Waals surface area contributed by atoms with E-state index in [0.29, 0.717) is 25.7 Å². The summed E-state index contributed by atoms with van der Waals surface area (Å²) in [7, 11) is -0.909. The van der Waals surface area contributed by atoms with Gasteiger partial charge in [-0.3, -0.25) is 4.79 Å². The topological polar surface area (TPSA) is 132 Å². The number of ketones is 1. The van der Waals surface area contributed by atoms with E-state index in [-0.39, 0.29) is 79.5 Å². The number of ether oxygens (including phenoxy) is 2. The van der Waals surface area contributed by atoms with Crippen LogP contribution in [0.2, 0.25) is 6.22 Å². The first-order valence-corrected chi connectivity index (χ1v) is 20.4. The first-order chi connectivity index (χ1) is 25.1. The zero-order valence-corrected chi connectivity index (χ0v) is 38.1. The van der Waals surface area contributed by atoms with E-state index in [1.807, 2.05) is 75.2 Å². The Bertz CT molecular complexity index is 1350. The lowest BCUT2D eigenvalue weighted by Crippen LogP contribution is -2.43. The van der Waals surface area contributed by atoms with E-state index < -0.39 is 11.2 Å². The van der Waals surface area contributed by atoms with Gasteiger partial charge in [0.15, 0.2) is 5.78 Å². The summed E-state index contributed by atoms with van der Waals surface area (Å²) in [6.07, 6.45) is 3.19. The van der Waals surface area contributed by atoms with Crippen LogP contribution < -0.4 is 0 Å². The Morgan fingerprint density at radius 2 is 0.929 bits per heavy atom. The highest BCUT2D eigenvalue weighted by Crippen LogP contribution is 2.42. The third-order valence-electron chi connectivity index (χ3n) is 11.5. The summed E-state index contributed by atoms with van der Waals surface area (Å²) in [5.41, 5.74) is -1.68. The average Bonchev–Trinajstić information content (AvgIpc) is 3.42. The fourth-order valence-electron chi connectivity index (χ4n) is 6.27. The standard InChI is InChI=1S/C17H30BNO4.C13H26B2O4.C10H17NO3/c1-15(2,3)21-14(20)19-10-8-9-13(12-19)11-18-22-16(4,5)17(6,7)23-18;1-10(2)11(3,4)17-14(16-10)9-15-18-12(5,6)13(7,8)19-15;1-10(2,3)14-9(13)11-6-4-5-8(12)7-11/h11H,8-10,12H2,1-7H3;9H2,1-8H3;4-7H2,1-3H3/b13-11+;;. The van der Waals surface area contributed by atoms with Crippen molar-refractivity contribution < 1.29 is 51.8 Å². The molecular formula is C40H73B3N2O11. The van der Waals surface area contributed by atoms with Crippen LogP contribution in [0.4, 0.5) is 9.59 Å². The molecule has 0 aliphatic carbocycles. The summed E-state index contributed by atoms with van der Waals surface area (Å²) >= 11 is 0. The number of carbonyl (C=O) groups is 3. The molecule has 0 bridgehead atoms. The molecule has 5 rings (SSSR count). The van der Waals surface area contributed by atoms with Crippen molar-refractivity contribution in [1.82, 2.24) is 9.80 Å². The number of likely N-dealkylation sites (tertiary alicyclic amines) is 2. The molecule has 0 aromatic rings. The molecule has 0 aromatic carbocycles. The van der Waals surface area contributed by atoms with Gasteiger partial charge in [0.05, 0.1) is 40.2 Å². The van der Waals surface area contributed by atoms with Crippen LogP contribution in [0.5, 0.6) is 0 Å². The van der Waals surface area contributed by atoms with Crippen molar-refractivity contribution in [1.29, 1.82) is 0 Å². The maximum absolute atomic E-state index is 12.2. The number of amides is 2. The second kappa shape index (κ2) is 17.2.